The van der Waals surface area contributed by atoms with Gasteiger partial charge in [-0.2, -0.15) is 5.26 Å². The lowest BCUT2D eigenvalue weighted by atomic mass is 10.1. The molecule has 114 valence electrons. The summed E-state index contributed by atoms with van der Waals surface area (Å²) in [5, 5.41) is 15.0. The normalized spacial score (nSPS) is 13.7. The molecule has 2 N–H and O–H groups in total. The van der Waals surface area contributed by atoms with Crippen molar-refractivity contribution >= 4 is 27.7 Å². The lowest BCUT2D eigenvalue weighted by molar-refractivity contribution is 0.0507. The number of nitrogens with zero attached hydrogens (tertiary/aromatic N) is 1. The zero-order valence-corrected chi connectivity index (χ0v) is 14.2. The predicted octanol–water partition coefficient (Wildman–Crippen LogP) is 3.67. The molecule has 0 aliphatic heterocycles. The van der Waals surface area contributed by atoms with Gasteiger partial charge in [-0.05, 0) is 52.0 Å². The van der Waals surface area contributed by atoms with Crippen LogP contribution in [0.1, 0.15) is 27.7 Å². The number of rotatable bonds is 4. The molecule has 2 atom stereocenters. The highest BCUT2D eigenvalue weighted by Crippen LogP contribution is 2.15. The van der Waals surface area contributed by atoms with Crippen molar-refractivity contribution in [3.05, 3.63) is 28.7 Å². The Hall–Kier alpha value is -1.74. The number of alkyl carbamates (subject to hydrolysis) is 1. The number of nitriles is 1. The van der Waals surface area contributed by atoms with Crippen LogP contribution in [0.3, 0.4) is 0 Å². The summed E-state index contributed by atoms with van der Waals surface area (Å²) in [7, 11) is 0. The summed E-state index contributed by atoms with van der Waals surface area (Å²) < 4.78 is 6.14. The van der Waals surface area contributed by atoms with Crippen LogP contribution < -0.4 is 10.6 Å². The Bertz CT molecular complexity index is 517. The lowest BCUT2D eigenvalue weighted by Gasteiger charge is -2.24. The van der Waals surface area contributed by atoms with Crippen molar-refractivity contribution in [1.82, 2.24) is 5.32 Å². The molecule has 6 heteroatoms. The van der Waals surface area contributed by atoms with Crippen LogP contribution in [0, 0.1) is 11.3 Å². The molecule has 0 aromatic heterocycles. The van der Waals surface area contributed by atoms with E-state index in [0.717, 1.165) is 10.2 Å². The molecular weight excluding hydrogens is 334 g/mol. The van der Waals surface area contributed by atoms with Crippen molar-refractivity contribution in [3.63, 3.8) is 0 Å². The van der Waals surface area contributed by atoms with E-state index in [1.807, 2.05) is 24.3 Å². The molecule has 0 radical (unpaired) electrons. The molecule has 1 amide bonds. The van der Waals surface area contributed by atoms with Crippen LogP contribution in [0.5, 0.6) is 0 Å². The molecule has 0 aliphatic carbocycles. The quantitative estimate of drug-likeness (QED) is 0.865. The van der Waals surface area contributed by atoms with E-state index in [-0.39, 0.29) is 0 Å². The number of anilines is 1. The molecule has 21 heavy (non-hydrogen) atoms. The van der Waals surface area contributed by atoms with Crippen molar-refractivity contribution in [2.24, 2.45) is 0 Å². The molecule has 0 aliphatic rings. The fraction of sp³-hybridized carbons (Fsp3) is 0.467. The third-order valence-electron chi connectivity index (χ3n) is 2.55. The largest absolute Gasteiger partial charge is 0.444 e. The first-order valence-corrected chi connectivity index (χ1v) is 7.42. The number of amides is 1. The molecule has 0 spiro atoms. The maximum atomic E-state index is 11.7. The first-order chi connectivity index (χ1) is 9.71. The second-order valence-corrected chi connectivity index (χ2v) is 6.61. The van der Waals surface area contributed by atoms with Crippen molar-refractivity contribution < 1.29 is 9.53 Å². The average molecular weight is 354 g/mol. The molecule has 1 aromatic carbocycles. The van der Waals surface area contributed by atoms with Gasteiger partial charge in [0.2, 0.25) is 0 Å². The Kier molecular flexibility index (Phi) is 6.03. The molecule has 0 saturated carbocycles. The third kappa shape index (κ3) is 6.50. The van der Waals surface area contributed by atoms with Gasteiger partial charge < -0.3 is 15.4 Å². The van der Waals surface area contributed by atoms with Crippen LogP contribution in [0.15, 0.2) is 28.7 Å². The number of carbonyl (C=O) groups excluding carboxylic acids is 1. The average Bonchev–Trinajstić information content (AvgIpc) is 2.35. The van der Waals surface area contributed by atoms with Gasteiger partial charge in [-0.15, -0.1) is 0 Å². The van der Waals surface area contributed by atoms with Gasteiger partial charge in [0.05, 0.1) is 12.1 Å². The Morgan fingerprint density at radius 3 is 2.38 bits per heavy atom. The second-order valence-electron chi connectivity index (χ2n) is 5.69. The van der Waals surface area contributed by atoms with Gasteiger partial charge in [0.25, 0.3) is 0 Å². The van der Waals surface area contributed by atoms with Gasteiger partial charge in [-0.25, -0.2) is 4.79 Å². The molecule has 0 fully saturated rings. The van der Waals surface area contributed by atoms with Crippen LogP contribution >= 0.6 is 15.9 Å². The molecule has 1 aromatic rings. The number of benzene rings is 1. The summed E-state index contributed by atoms with van der Waals surface area (Å²) >= 11 is 3.35. The zero-order chi connectivity index (χ0) is 16.0. The van der Waals surface area contributed by atoms with Gasteiger partial charge in [-0.3, -0.25) is 0 Å². The van der Waals surface area contributed by atoms with Gasteiger partial charge >= 0.3 is 6.09 Å². The lowest BCUT2D eigenvalue weighted by Crippen LogP contribution is -2.46. The third-order valence-corrected chi connectivity index (χ3v) is 3.08. The highest BCUT2D eigenvalue weighted by atomic mass is 79.9. The van der Waals surface area contributed by atoms with Crippen molar-refractivity contribution in [2.75, 3.05) is 5.32 Å². The van der Waals surface area contributed by atoms with E-state index in [0.29, 0.717) is 0 Å². The van der Waals surface area contributed by atoms with E-state index in [1.165, 1.54) is 0 Å². The highest BCUT2D eigenvalue weighted by molar-refractivity contribution is 9.10. The Labute approximate surface area is 133 Å². The molecular formula is C15H20BrN3O2. The monoisotopic (exact) mass is 353 g/mol. The maximum absolute atomic E-state index is 11.7. The summed E-state index contributed by atoms with van der Waals surface area (Å²) in [6.45, 7) is 7.13. The van der Waals surface area contributed by atoms with Crippen LogP contribution in [-0.4, -0.2) is 23.8 Å². The molecule has 2 unspecified atom stereocenters. The minimum Gasteiger partial charge on any atom is -0.444 e. The number of carbonyl (C=O) groups is 1. The smallest absolute Gasteiger partial charge is 0.407 e. The van der Waals surface area contributed by atoms with Crippen LogP contribution in [0.4, 0.5) is 10.5 Å². The maximum Gasteiger partial charge on any atom is 0.407 e. The first-order valence-electron chi connectivity index (χ1n) is 6.62. The van der Waals surface area contributed by atoms with E-state index in [9.17, 15) is 10.1 Å². The summed E-state index contributed by atoms with van der Waals surface area (Å²) in [6, 6.07) is 8.66. The minimum absolute atomic E-state index is 0.395. The molecule has 0 bridgehead atoms. The van der Waals surface area contributed by atoms with Gasteiger partial charge in [-0.1, -0.05) is 15.9 Å². The zero-order valence-electron chi connectivity index (χ0n) is 12.6. The topological polar surface area (TPSA) is 74.1 Å². The van der Waals surface area contributed by atoms with Gasteiger partial charge in [0.15, 0.2) is 0 Å². The number of halogens is 1. The molecule has 0 saturated heterocycles. The Balaban J connectivity index is 2.61. The van der Waals surface area contributed by atoms with Crippen LogP contribution in [0.2, 0.25) is 0 Å². The van der Waals surface area contributed by atoms with E-state index in [4.69, 9.17) is 4.74 Å². The first kappa shape index (κ1) is 17.3. The fourth-order valence-corrected chi connectivity index (χ4v) is 1.84. The fourth-order valence-electron chi connectivity index (χ4n) is 1.57. The Morgan fingerprint density at radius 1 is 1.33 bits per heavy atom. The van der Waals surface area contributed by atoms with E-state index in [2.05, 4.69) is 32.6 Å². The van der Waals surface area contributed by atoms with Crippen molar-refractivity contribution in [3.8, 4) is 6.07 Å². The van der Waals surface area contributed by atoms with Crippen molar-refractivity contribution in [1.29, 1.82) is 5.26 Å². The van der Waals surface area contributed by atoms with E-state index >= 15 is 0 Å². The number of hydrogen-bond donors (Lipinski definition) is 2. The van der Waals surface area contributed by atoms with Crippen LogP contribution in [0.25, 0.3) is 0 Å². The minimum atomic E-state index is -0.564. The molecule has 0 heterocycles. The summed E-state index contributed by atoms with van der Waals surface area (Å²) in [4.78, 5) is 11.7. The number of ether oxygens (including phenoxy) is 1. The number of hydrogen-bond acceptors (Lipinski definition) is 4. The molecule has 5 nitrogen and oxygen atoms in total. The second kappa shape index (κ2) is 7.32. The van der Waals surface area contributed by atoms with E-state index < -0.39 is 23.8 Å². The standard InChI is InChI=1S/C15H20BrN3O2/c1-10(18-14(20)21-15(2,3)4)13(9-17)19-12-7-5-11(16)6-8-12/h5-8,10,13,19H,1-4H3,(H,18,20). The summed E-state index contributed by atoms with van der Waals surface area (Å²) in [5.41, 5.74) is 0.244. The Morgan fingerprint density at radius 2 is 1.90 bits per heavy atom. The summed E-state index contributed by atoms with van der Waals surface area (Å²) in [5.74, 6) is 0. The van der Waals surface area contributed by atoms with Crippen LogP contribution in [-0.2, 0) is 4.74 Å². The van der Waals surface area contributed by atoms with E-state index in [1.54, 1.807) is 27.7 Å². The number of nitrogens with one attached hydrogen (secondary N) is 2. The SMILES string of the molecule is CC(NC(=O)OC(C)(C)C)C(C#N)Nc1ccc(Br)cc1. The summed E-state index contributed by atoms with van der Waals surface area (Å²) in [6.07, 6.45) is -0.534. The molecule has 1 rings (SSSR count). The predicted molar refractivity (Wildman–Crippen MR) is 86.0 cm³/mol. The van der Waals surface area contributed by atoms with Crippen molar-refractivity contribution in [2.45, 2.75) is 45.4 Å². The van der Waals surface area contributed by atoms with Gasteiger partial charge in [0, 0.05) is 10.2 Å². The highest BCUT2D eigenvalue weighted by Gasteiger charge is 2.22. The van der Waals surface area contributed by atoms with Gasteiger partial charge in [0.1, 0.15) is 11.6 Å².